The maximum absolute atomic E-state index is 13.7. The van der Waals surface area contributed by atoms with Gasteiger partial charge in [-0.2, -0.15) is 21.6 Å². The van der Waals surface area contributed by atoms with Crippen LogP contribution < -0.4 is 9.04 Å². The quantitative estimate of drug-likeness (QED) is 0.297. The first-order valence-corrected chi connectivity index (χ1v) is 16.1. The van der Waals surface area contributed by atoms with Crippen LogP contribution >= 0.6 is 15.9 Å². The summed E-state index contributed by atoms with van der Waals surface area (Å²) in [5.74, 6) is 0.0722. The first-order chi connectivity index (χ1) is 19.6. The molecule has 0 aliphatic carbocycles. The Morgan fingerprint density at radius 3 is 2.26 bits per heavy atom. The highest BCUT2D eigenvalue weighted by molar-refractivity contribution is 9.10. The average molecular weight is 695 g/mol. The molecule has 228 valence electrons. The van der Waals surface area contributed by atoms with E-state index in [4.69, 9.17) is 8.92 Å². The molecular weight excluding hydrogens is 667 g/mol. The van der Waals surface area contributed by atoms with Crippen LogP contribution in [0.1, 0.15) is 17.5 Å². The number of fused-ring (bicyclic) bond motifs is 1. The zero-order chi connectivity index (χ0) is 30.9. The molecule has 0 amide bonds. The van der Waals surface area contributed by atoms with Crippen LogP contribution in [-0.4, -0.2) is 59.5 Å². The molecule has 0 saturated heterocycles. The predicted molar refractivity (Wildman–Crippen MR) is 150 cm³/mol. The molecule has 0 saturated carbocycles. The highest BCUT2D eigenvalue weighted by atomic mass is 79.9. The van der Waals surface area contributed by atoms with Gasteiger partial charge in [0.05, 0.1) is 47.4 Å². The van der Waals surface area contributed by atoms with E-state index in [1.165, 1.54) is 24.3 Å². The van der Waals surface area contributed by atoms with Gasteiger partial charge >= 0.3 is 6.18 Å². The highest BCUT2D eigenvalue weighted by Crippen LogP contribution is 2.42. The molecule has 1 atom stereocenters. The second-order valence-electron chi connectivity index (χ2n) is 9.96. The zero-order valence-electron chi connectivity index (χ0n) is 22.1. The number of ether oxygens (including phenoxy) is 1. The largest absolute Gasteiger partial charge is 0.486 e. The van der Waals surface area contributed by atoms with E-state index in [1.807, 2.05) is 0 Å². The lowest BCUT2D eigenvalue weighted by atomic mass is 9.84. The summed E-state index contributed by atoms with van der Waals surface area (Å²) >= 11 is 3.26. The van der Waals surface area contributed by atoms with Crippen LogP contribution in [-0.2, 0) is 30.5 Å². The molecule has 3 aromatic carbocycles. The number of aryl methyl sites for hydroxylation is 1. The van der Waals surface area contributed by atoms with Gasteiger partial charge in [0.2, 0.25) is 0 Å². The van der Waals surface area contributed by atoms with Crippen LogP contribution in [0.5, 0.6) is 5.75 Å². The van der Waals surface area contributed by atoms with Gasteiger partial charge in [-0.05, 0) is 61.9 Å². The first-order valence-electron chi connectivity index (χ1n) is 12.4. The van der Waals surface area contributed by atoms with Crippen molar-refractivity contribution >= 4 is 41.8 Å². The number of nitrogens with zero attached hydrogens (tertiary/aromatic N) is 1. The van der Waals surface area contributed by atoms with Gasteiger partial charge in [0.1, 0.15) is 11.9 Å². The Bertz CT molecular complexity index is 1640. The van der Waals surface area contributed by atoms with Gasteiger partial charge in [-0.15, -0.1) is 0 Å². The van der Waals surface area contributed by atoms with E-state index >= 15 is 0 Å². The molecule has 0 spiro atoms. The van der Waals surface area contributed by atoms with E-state index in [0.717, 1.165) is 28.1 Å². The molecule has 0 fully saturated rings. The van der Waals surface area contributed by atoms with Gasteiger partial charge in [0.15, 0.2) is 0 Å². The Morgan fingerprint density at radius 1 is 0.976 bits per heavy atom. The van der Waals surface area contributed by atoms with E-state index < -0.39 is 74.7 Å². The van der Waals surface area contributed by atoms with Crippen molar-refractivity contribution in [2.75, 3.05) is 30.7 Å². The zero-order valence-corrected chi connectivity index (χ0v) is 25.3. The summed E-state index contributed by atoms with van der Waals surface area (Å²) in [6.45, 7) is -0.809. The third-order valence-electron chi connectivity index (χ3n) is 6.76. The minimum absolute atomic E-state index is 0.0508. The maximum Gasteiger partial charge on any atom is 0.416 e. The van der Waals surface area contributed by atoms with Crippen molar-refractivity contribution in [3.8, 4) is 5.75 Å². The highest BCUT2D eigenvalue weighted by Gasteiger charge is 2.41. The van der Waals surface area contributed by atoms with Crippen molar-refractivity contribution < 1.29 is 49.1 Å². The van der Waals surface area contributed by atoms with Crippen LogP contribution in [0.15, 0.2) is 81.0 Å². The van der Waals surface area contributed by atoms with Crippen LogP contribution in [0.2, 0.25) is 0 Å². The van der Waals surface area contributed by atoms with Gasteiger partial charge in [0.25, 0.3) is 20.1 Å². The molecule has 3 aromatic rings. The SMILES string of the molecule is Cc1ccc(S(=O)(=O)OCC(CO)(CO)C[C@H]2CN(S(=O)(=O)c3cccc(C(F)(F)F)c3)c3cc(Br)ccc3O2)cc1. The molecule has 1 heterocycles. The molecule has 0 aromatic heterocycles. The molecular formula is C27H27BrF3NO8S2. The van der Waals surface area contributed by atoms with Crippen LogP contribution in [0.3, 0.4) is 0 Å². The number of hydrogen-bond donors (Lipinski definition) is 2. The van der Waals surface area contributed by atoms with E-state index in [0.29, 0.717) is 10.5 Å². The third kappa shape index (κ3) is 6.92. The standard InChI is InChI=1S/C27H27BrF3NO8S2/c1-18-5-8-22(9-6-18)42(37,38)39-17-26(15-33,16-34)13-21-14-32(24-12-20(28)7-10-25(24)40-21)41(35,36)23-4-2-3-19(11-23)27(29,30)31/h2-12,21,33-34H,13-17H2,1H3/t21-/m0/s1. The van der Waals surface area contributed by atoms with Gasteiger partial charge in [-0.25, -0.2) is 8.42 Å². The summed E-state index contributed by atoms with van der Waals surface area (Å²) in [6.07, 6.45) is -6.11. The second-order valence-corrected chi connectivity index (χ2v) is 14.4. The lowest BCUT2D eigenvalue weighted by Crippen LogP contribution is -2.48. The number of aliphatic hydroxyl groups excluding tert-OH is 2. The van der Waals surface area contributed by atoms with Gasteiger partial charge in [-0.3, -0.25) is 8.49 Å². The number of alkyl halides is 3. The van der Waals surface area contributed by atoms with Crippen molar-refractivity contribution in [1.29, 1.82) is 0 Å². The maximum atomic E-state index is 13.7. The number of hydrogen-bond acceptors (Lipinski definition) is 8. The van der Waals surface area contributed by atoms with E-state index in [2.05, 4.69) is 15.9 Å². The normalized spacial score (nSPS) is 16.2. The Morgan fingerprint density at radius 2 is 1.64 bits per heavy atom. The molecule has 42 heavy (non-hydrogen) atoms. The fourth-order valence-electron chi connectivity index (χ4n) is 4.37. The fourth-order valence-corrected chi connectivity index (χ4v) is 7.27. The summed E-state index contributed by atoms with van der Waals surface area (Å²) in [7, 11) is -8.85. The molecule has 0 unspecified atom stereocenters. The van der Waals surface area contributed by atoms with E-state index in [1.54, 1.807) is 25.1 Å². The molecule has 0 bridgehead atoms. The molecule has 2 N–H and O–H groups in total. The second kappa shape index (κ2) is 12.1. The summed E-state index contributed by atoms with van der Waals surface area (Å²) < 4.78 is 106. The van der Waals surface area contributed by atoms with Crippen LogP contribution in [0.4, 0.5) is 18.9 Å². The number of benzene rings is 3. The fraction of sp³-hybridized carbons (Fsp3) is 0.333. The number of rotatable bonds is 10. The Balaban J connectivity index is 1.65. The number of anilines is 1. The van der Waals surface area contributed by atoms with Crippen LogP contribution in [0.25, 0.3) is 0 Å². The van der Waals surface area contributed by atoms with Crippen molar-refractivity contribution in [3.05, 3.63) is 82.3 Å². The van der Waals surface area contributed by atoms with E-state index in [-0.39, 0.29) is 22.8 Å². The topological polar surface area (TPSA) is 130 Å². The summed E-state index contributed by atoms with van der Waals surface area (Å²) in [6, 6.07) is 13.6. The molecule has 1 aliphatic heterocycles. The average Bonchev–Trinajstić information content (AvgIpc) is 2.95. The number of sulfonamides is 1. The smallest absolute Gasteiger partial charge is 0.416 e. The van der Waals surface area contributed by atoms with Crippen molar-refractivity contribution in [1.82, 2.24) is 0 Å². The van der Waals surface area contributed by atoms with E-state index in [9.17, 15) is 40.2 Å². The minimum Gasteiger partial charge on any atom is -0.486 e. The van der Waals surface area contributed by atoms with Crippen molar-refractivity contribution in [3.63, 3.8) is 0 Å². The monoisotopic (exact) mass is 693 g/mol. The predicted octanol–water partition coefficient (Wildman–Crippen LogP) is 4.50. The number of halogens is 4. The third-order valence-corrected chi connectivity index (χ3v) is 10.3. The Labute approximate surface area is 249 Å². The summed E-state index contributed by atoms with van der Waals surface area (Å²) in [5.41, 5.74) is -1.87. The van der Waals surface area contributed by atoms with Gasteiger partial charge < -0.3 is 14.9 Å². The minimum atomic E-state index is -4.78. The lowest BCUT2D eigenvalue weighted by molar-refractivity contribution is -0.137. The molecule has 0 radical (unpaired) electrons. The summed E-state index contributed by atoms with van der Waals surface area (Å²) in [4.78, 5) is -0.739. The molecule has 1 aliphatic rings. The first kappa shape index (κ1) is 32.2. The molecule has 9 nitrogen and oxygen atoms in total. The van der Waals surface area contributed by atoms with Gasteiger partial charge in [0, 0.05) is 9.89 Å². The Hall–Kier alpha value is -2.69. The Kier molecular flexibility index (Phi) is 9.31. The molecule has 4 rings (SSSR count). The van der Waals surface area contributed by atoms with Gasteiger partial charge in [-0.1, -0.05) is 39.7 Å². The van der Waals surface area contributed by atoms with Crippen LogP contribution in [0, 0.1) is 12.3 Å². The van der Waals surface area contributed by atoms with Crippen molar-refractivity contribution in [2.45, 2.75) is 35.4 Å². The molecule has 15 heteroatoms. The lowest BCUT2D eigenvalue weighted by Gasteiger charge is -2.39. The van der Waals surface area contributed by atoms with Crippen molar-refractivity contribution in [2.24, 2.45) is 5.41 Å². The summed E-state index contributed by atoms with van der Waals surface area (Å²) in [5, 5.41) is 20.4. The number of aliphatic hydroxyl groups is 2.